The van der Waals surface area contributed by atoms with Crippen molar-refractivity contribution in [3.8, 4) is 17.1 Å². The third-order valence-electron chi connectivity index (χ3n) is 5.37. The molecular weight excluding hydrogens is 557 g/mol. The zero-order valence-corrected chi connectivity index (χ0v) is 22.7. The lowest BCUT2D eigenvalue weighted by Gasteiger charge is -2.17. The average molecular weight is 577 g/mol. The van der Waals surface area contributed by atoms with Gasteiger partial charge in [0.25, 0.3) is 5.69 Å². The van der Waals surface area contributed by atoms with E-state index in [1.54, 1.807) is 18.2 Å². The monoisotopic (exact) mass is 575 g/mol. The SMILES string of the molecule is CC(C)c1ccccc1-n1c(SCC(=O)Nc2cc(Cl)ccc2[N+](=O)[O-])nnc1-c1ccc(Cl)cc1Cl. The molecule has 0 aliphatic rings. The van der Waals surface area contributed by atoms with Crippen molar-refractivity contribution in [3.63, 3.8) is 0 Å². The number of nitrogens with zero attached hydrogens (tertiary/aromatic N) is 4. The number of nitro benzene ring substituents is 1. The molecule has 0 spiro atoms. The normalized spacial score (nSPS) is 11.1. The molecule has 1 heterocycles. The lowest BCUT2D eigenvalue weighted by molar-refractivity contribution is -0.383. The van der Waals surface area contributed by atoms with Gasteiger partial charge in [0.1, 0.15) is 5.69 Å². The highest BCUT2D eigenvalue weighted by atomic mass is 35.5. The first-order valence-corrected chi connectivity index (χ1v) is 13.1. The number of benzene rings is 3. The number of hydrogen-bond donors (Lipinski definition) is 1. The van der Waals surface area contributed by atoms with Crippen molar-refractivity contribution in [2.75, 3.05) is 11.1 Å². The second-order valence-corrected chi connectivity index (χ2v) is 10.5. The lowest BCUT2D eigenvalue weighted by atomic mass is 10.0. The van der Waals surface area contributed by atoms with Gasteiger partial charge in [0.05, 0.1) is 21.4 Å². The fourth-order valence-electron chi connectivity index (χ4n) is 3.69. The van der Waals surface area contributed by atoms with E-state index in [4.69, 9.17) is 34.8 Å². The Morgan fingerprint density at radius 2 is 1.76 bits per heavy atom. The molecule has 1 N–H and O–H groups in total. The van der Waals surface area contributed by atoms with Crippen LogP contribution in [-0.4, -0.2) is 31.3 Å². The van der Waals surface area contributed by atoms with Gasteiger partial charge in [0, 0.05) is 21.7 Å². The van der Waals surface area contributed by atoms with Crippen molar-refractivity contribution >= 4 is 63.8 Å². The molecule has 190 valence electrons. The number of halogens is 3. The van der Waals surface area contributed by atoms with E-state index in [-0.39, 0.29) is 28.1 Å². The first kappa shape index (κ1) is 26.9. The molecule has 0 atom stereocenters. The van der Waals surface area contributed by atoms with Crippen molar-refractivity contribution in [2.45, 2.75) is 24.9 Å². The maximum atomic E-state index is 12.8. The van der Waals surface area contributed by atoms with Gasteiger partial charge in [0.2, 0.25) is 5.91 Å². The Kier molecular flexibility index (Phi) is 8.39. The number of carbonyl (C=O) groups excluding carboxylic acids is 1. The van der Waals surface area contributed by atoms with Crippen LogP contribution in [0.3, 0.4) is 0 Å². The predicted molar refractivity (Wildman–Crippen MR) is 148 cm³/mol. The number of nitrogens with one attached hydrogen (secondary N) is 1. The summed E-state index contributed by atoms with van der Waals surface area (Å²) in [5, 5.41) is 24.3. The molecule has 0 radical (unpaired) electrons. The van der Waals surface area contributed by atoms with Gasteiger partial charge in [0.15, 0.2) is 11.0 Å². The summed E-state index contributed by atoms with van der Waals surface area (Å²) in [6.45, 7) is 4.16. The minimum absolute atomic E-state index is 0.0170. The van der Waals surface area contributed by atoms with Crippen LogP contribution in [0.4, 0.5) is 11.4 Å². The molecule has 0 saturated carbocycles. The molecular formula is C25H20Cl3N5O3S. The Balaban J connectivity index is 1.70. The Labute approximate surface area is 232 Å². The number of anilines is 1. The highest BCUT2D eigenvalue weighted by Gasteiger charge is 2.22. The molecule has 4 rings (SSSR count). The molecule has 3 aromatic carbocycles. The summed E-state index contributed by atoms with van der Waals surface area (Å²) in [4.78, 5) is 23.5. The summed E-state index contributed by atoms with van der Waals surface area (Å²) in [6, 6.07) is 16.9. The van der Waals surface area contributed by atoms with Crippen molar-refractivity contribution in [3.05, 3.63) is 91.4 Å². The quantitative estimate of drug-likeness (QED) is 0.131. The molecule has 1 amide bonds. The Hall–Kier alpha value is -3.11. The van der Waals surface area contributed by atoms with E-state index in [1.165, 1.54) is 18.2 Å². The number of thioether (sulfide) groups is 1. The molecule has 8 nitrogen and oxygen atoms in total. The summed E-state index contributed by atoms with van der Waals surface area (Å²) in [7, 11) is 0. The summed E-state index contributed by atoms with van der Waals surface area (Å²) in [6.07, 6.45) is 0. The summed E-state index contributed by atoms with van der Waals surface area (Å²) < 4.78 is 1.85. The second kappa shape index (κ2) is 11.5. The molecule has 0 saturated heterocycles. The topological polar surface area (TPSA) is 103 Å². The maximum absolute atomic E-state index is 12.8. The van der Waals surface area contributed by atoms with Gasteiger partial charge in [-0.15, -0.1) is 10.2 Å². The number of para-hydroxylation sites is 1. The van der Waals surface area contributed by atoms with E-state index in [9.17, 15) is 14.9 Å². The lowest BCUT2D eigenvalue weighted by Crippen LogP contribution is -2.16. The van der Waals surface area contributed by atoms with Gasteiger partial charge >= 0.3 is 0 Å². The Morgan fingerprint density at radius 1 is 1.05 bits per heavy atom. The number of nitro groups is 1. The van der Waals surface area contributed by atoms with Crippen molar-refractivity contribution < 1.29 is 9.72 Å². The minimum atomic E-state index is -0.583. The average Bonchev–Trinajstić information content (AvgIpc) is 3.26. The summed E-state index contributed by atoms with van der Waals surface area (Å²) in [5.41, 5.74) is 2.29. The molecule has 4 aromatic rings. The Bertz CT molecular complexity index is 1490. The van der Waals surface area contributed by atoms with E-state index in [0.29, 0.717) is 26.6 Å². The van der Waals surface area contributed by atoms with Crippen LogP contribution in [0.1, 0.15) is 25.3 Å². The van der Waals surface area contributed by atoms with E-state index >= 15 is 0 Å². The fraction of sp³-hybridized carbons (Fsp3) is 0.160. The largest absolute Gasteiger partial charge is 0.320 e. The van der Waals surface area contributed by atoms with Gasteiger partial charge < -0.3 is 5.32 Å². The second-order valence-electron chi connectivity index (χ2n) is 8.23. The third kappa shape index (κ3) is 6.07. The first-order chi connectivity index (χ1) is 17.7. The van der Waals surface area contributed by atoms with Gasteiger partial charge in [-0.3, -0.25) is 19.5 Å². The van der Waals surface area contributed by atoms with Gasteiger partial charge in [-0.05, 0) is 47.9 Å². The molecule has 12 heteroatoms. The van der Waals surface area contributed by atoms with Crippen LogP contribution in [0.2, 0.25) is 15.1 Å². The third-order valence-corrected chi connectivity index (χ3v) is 7.08. The molecule has 0 aliphatic heterocycles. The molecule has 0 aliphatic carbocycles. The van der Waals surface area contributed by atoms with E-state index in [1.807, 2.05) is 28.8 Å². The summed E-state index contributed by atoms with van der Waals surface area (Å²) in [5.74, 6) is 0.132. The molecule has 0 fully saturated rings. The molecule has 37 heavy (non-hydrogen) atoms. The maximum Gasteiger partial charge on any atom is 0.292 e. The molecule has 1 aromatic heterocycles. The highest BCUT2D eigenvalue weighted by Crippen LogP contribution is 2.36. The van der Waals surface area contributed by atoms with Crippen molar-refractivity contribution in [2.24, 2.45) is 0 Å². The van der Waals surface area contributed by atoms with Gasteiger partial charge in [-0.25, -0.2) is 0 Å². The standard InChI is InChI=1S/C25H20Cl3N5O3S/c1-14(2)17-5-3-4-6-21(17)32-24(18-9-7-15(26)11-19(18)28)30-31-25(32)37-13-23(34)29-20-12-16(27)8-10-22(20)33(35)36/h3-12,14H,13H2,1-2H3,(H,29,34). The van der Waals surface area contributed by atoms with Crippen LogP contribution in [0.25, 0.3) is 17.1 Å². The van der Waals surface area contributed by atoms with Gasteiger partial charge in [-0.2, -0.15) is 0 Å². The number of aromatic nitrogens is 3. The molecule has 0 unspecified atom stereocenters. The van der Waals surface area contributed by atoms with E-state index in [0.717, 1.165) is 23.0 Å². The number of hydrogen-bond acceptors (Lipinski definition) is 6. The first-order valence-electron chi connectivity index (χ1n) is 11.0. The van der Waals surface area contributed by atoms with E-state index in [2.05, 4.69) is 29.4 Å². The zero-order chi connectivity index (χ0) is 26.7. The van der Waals surface area contributed by atoms with Crippen LogP contribution < -0.4 is 5.32 Å². The van der Waals surface area contributed by atoms with Crippen LogP contribution in [0.15, 0.2) is 65.8 Å². The van der Waals surface area contributed by atoms with Crippen molar-refractivity contribution in [1.82, 2.24) is 14.8 Å². The van der Waals surface area contributed by atoms with Gasteiger partial charge in [-0.1, -0.05) is 78.6 Å². The number of amides is 1. The predicted octanol–water partition coefficient (Wildman–Crippen LogP) is 7.66. The highest BCUT2D eigenvalue weighted by molar-refractivity contribution is 7.99. The van der Waals surface area contributed by atoms with Crippen LogP contribution in [0, 0.1) is 10.1 Å². The van der Waals surface area contributed by atoms with Crippen LogP contribution in [0.5, 0.6) is 0 Å². The van der Waals surface area contributed by atoms with Crippen LogP contribution in [-0.2, 0) is 4.79 Å². The Morgan fingerprint density at radius 3 is 2.46 bits per heavy atom. The van der Waals surface area contributed by atoms with Crippen molar-refractivity contribution in [1.29, 1.82) is 0 Å². The fourth-order valence-corrected chi connectivity index (χ4v) is 5.10. The smallest absolute Gasteiger partial charge is 0.292 e. The molecule has 0 bridgehead atoms. The summed E-state index contributed by atoms with van der Waals surface area (Å²) >= 11 is 19.7. The minimum Gasteiger partial charge on any atom is -0.320 e. The number of carbonyl (C=O) groups is 1. The number of rotatable bonds is 8. The zero-order valence-electron chi connectivity index (χ0n) is 19.6. The van der Waals surface area contributed by atoms with E-state index < -0.39 is 10.8 Å². The van der Waals surface area contributed by atoms with Crippen LogP contribution >= 0.6 is 46.6 Å².